The number of nitrogens with zero attached hydrogens (tertiary/aromatic N) is 3. The molecule has 5 heteroatoms. The first-order chi connectivity index (χ1) is 7.81. The van der Waals surface area contributed by atoms with Gasteiger partial charge in [-0.3, -0.25) is 0 Å². The van der Waals surface area contributed by atoms with E-state index in [2.05, 4.69) is 9.97 Å². The van der Waals surface area contributed by atoms with Crippen LogP contribution in [0.1, 0.15) is 5.56 Å². The third kappa shape index (κ3) is 1.91. The Hall–Kier alpha value is -2.61. The second-order valence-electron chi connectivity index (χ2n) is 2.97. The van der Waals surface area contributed by atoms with Gasteiger partial charge < -0.3 is 10.2 Å². The highest BCUT2D eigenvalue weighted by molar-refractivity contribution is 5.69. The molecule has 0 unspecified atom stereocenters. The van der Waals surface area contributed by atoms with E-state index in [-0.39, 0.29) is 5.95 Å². The molecule has 0 spiro atoms. The molecule has 0 saturated heterocycles. The standard InChI is InChI=1S/C11H8N4O/c12-5-1-3-8-7-14-11(13)15-10(8)9-4-2-6-16-9/h1-4,6-7H,(H2,13,14,15)/b3-1+. The van der Waals surface area contributed by atoms with E-state index >= 15 is 0 Å². The molecule has 5 nitrogen and oxygen atoms in total. The molecule has 0 radical (unpaired) electrons. The monoisotopic (exact) mass is 212 g/mol. The van der Waals surface area contributed by atoms with Crippen molar-refractivity contribution in [2.24, 2.45) is 0 Å². The first-order valence-electron chi connectivity index (χ1n) is 4.54. The maximum Gasteiger partial charge on any atom is 0.220 e. The molecule has 2 aromatic heterocycles. The quantitative estimate of drug-likeness (QED) is 0.767. The molecule has 16 heavy (non-hydrogen) atoms. The van der Waals surface area contributed by atoms with Crippen LogP contribution in [0.2, 0.25) is 0 Å². The number of hydrogen-bond donors (Lipinski definition) is 1. The van der Waals surface area contributed by atoms with Gasteiger partial charge in [-0.25, -0.2) is 9.97 Å². The van der Waals surface area contributed by atoms with Gasteiger partial charge in [-0.05, 0) is 18.2 Å². The van der Waals surface area contributed by atoms with Crippen molar-refractivity contribution in [2.75, 3.05) is 5.73 Å². The zero-order chi connectivity index (χ0) is 11.4. The van der Waals surface area contributed by atoms with Crippen molar-refractivity contribution in [1.82, 2.24) is 9.97 Å². The molecule has 0 bridgehead atoms. The summed E-state index contributed by atoms with van der Waals surface area (Å²) in [5.74, 6) is 0.757. The summed E-state index contributed by atoms with van der Waals surface area (Å²) < 4.78 is 5.23. The van der Waals surface area contributed by atoms with Crippen molar-refractivity contribution in [2.45, 2.75) is 0 Å². The van der Waals surface area contributed by atoms with E-state index in [0.29, 0.717) is 17.0 Å². The van der Waals surface area contributed by atoms with Crippen LogP contribution in [-0.4, -0.2) is 9.97 Å². The Morgan fingerprint density at radius 1 is 1.50 bits per heavy atom. The SMILES string of the molecule is N#C/C=C/c1cnc(N)nc1-c1ccco1. The first-order valence-corrected chi connectivity index (χ1v) is 4.54. The van der Waals surface area contributed by atoms with Gasteiger partial charge in [0.1, 0.15) is 5.69 Å². The summed E-state index contributed by atoms with van der Waals surface area (Å²) in [6.45, 7) is 0. The molecule has 0 aliphatic carbocycles. The summed E-state index contributed by atoms with van der Waals surface area (Å²) in [4.78, 5) is 7.95. The number of allylic oxidation sites excluding steroid dienone is 1. The molecule has 0 saturated carbocycles. The molecule has 2 heterocycles. The van der Waals surface area contributed by atoms with Gasteiger partial charge in [-0.1, -0.05) is 0 Å². The van der Waals surface area contributed by atoms with Crippen LogP contribution < -0.4 is 5.73 Å². The number of anilines is 1. The maximum atomic E-state index is 8.48. The van der Waals surface area contributed by atoms with E-state index in [1.54, 1.807) is 30.7 Å². The Morgan fingerprint density at radius 2 is 2.38 bits per heavy atom. The van der Waals surface area contributed by atoms with Gasteiger partial charge in [0, 0.05) is 17.8 Å². The van der Waals surface area contributed by atoms with Crippen LogP contribution >= 0.6 is 0 Å². The first kappa shape index (κ1) is 9.93. The van der Waals surface area contributed by atoms with Gasteiger partial charge in [0.05, 0.1) is 12.3 Å². The summed E-state index contributed by atoms with van der Waals surface area (Å²) in [6.07, 6.45) is 6.05. The van der Waals surface area contributed by atoms with Gasteiger partial charge in [-0.15, -0.1) is 0 Å². The molecule has 2 rings (SSSR count). The van der Waals surface area contributed by atoms with Crippen LogP contribution in [0.4, 0.5) is 5.95 Å². The molecular weight excluding hydrogens is 204 g/mol. The largest absolute Gasteiger partial charge is 0.463 e. The van der Waals surface area contributed by atoms with Gasteiger partial charge in [0.15, 0.2) is 5.76 Å². The van der Waals surface area contributed by atoms with Crippen molar-refractivity contribution >= 4 is 12.0 Å². The van der Waals surface area contributed by atoms with E-state index in [1.807, 2.05) is 6.07 Å². The summed E-state index contributed by atoms with van der Waals surface area (Å²) >= 11 is 0. The lowest BCUT2D eigenvalue weighted by molar-refractivity contribution is 0.580. The number of hydrogen-bond acceptors (Lipinski definition) is 5. The third-order valence-corrected chi connectivity index (χ3v) is 1.93. The number of nitriles is 1. The van der Waals surface area contributed by atoms with E-state index in [0.717, 1.165) is 0 Å². The zero-order valence-electron chi connectivity index (χ0n) is 8.29. The van der Waals surface area contributed by atoms with Crippen LogP contribution in [0.5, 0.6) is 0 Å². The van der Waals surface area contributed by atoms with Crippen LogP contribution in [-0.2, 0) is 0 Å². The molecule has 0 amide bonds. The fourth-order valence-electron chi connectivity index (χ4n) is 1.26. The van der Waals surface area contributed by atoms with E-state index in [4.69, 9.17) is 15.4 Å². The van der Waals surface area contributed by atoms with Crippen molar-refractivity contribution < 1.29 is 4.42 Å². The highest BCUT2D eigenvalue weighted by atomic mass is 16.3. The lowest BCUT2D eigenvalue weighted by Gasteiger charge is -2.01. The lowest BCUT2D eigenvalue weighted by Crippen LogP contribution is -1.97. The van der Waals surface area contributed by atoms with Crippen molar-refractivity contribution in [1.29, 1.82) is 5.26 Å². The summed E-state index contributed by atoms with van der Waals surface area (Å²) in [5.41, 5.74) is 6.77. The summed E-state index contributed by atoms with van der Waals surface area (Å²) in [5, 5.41) is 8.48. The fraction of sp³-hybridized carbons (Fsp3) is 0. The van der Waals surface area contributed by atoms with E-state index in [9.17, 15) is 0 Å². The van der Waals surface area contributed by atoms with Crippen LogP contribution in [0.3, 0.4) is 0 Å². The fourth-order valence-corrected chi connectivity index (χ4v) is 1.26. The molecule has 78 valence electrons. The molecular formula is C11H8N4O. The Labute approximate surface area is 91.9 Å². The van der Waals surface area contributed by atoms with Gasteiger partial charge >= 0.3 is 0 Å². The summed E-state index contributed by atoms with van der Waals surface area (Å²) in [6, 6.07) is 5.43. The number of nitrogen functional groups attached to an aromatic ring is 1. The smallest absolute Gasteiger partial charge is 0.220 e. The van der Waals surface area contributed by atoms with Crippen LogP contribution in [0.25, 0.3) is 17.5 Å². The van der Waals surface area contributed by atoms with Crippen molar-refractivity contribution in [3.8, 4) is 17.5 Å². The average molecular weight is 212 g/mol. The van der Waals surface area contributed by atoms with Crippen LogP contribution in [0.15, 0.2) is 35.1 Å². The van der Waals surface area contributed by atoms with Gasteiger partial charge in [-0.2, -0.15) is 5.26 Å². The molecule has 0 atom stereocenters. The second-order valence-corrected chi connectivity index (χ2v) is 2.97. The minimum absolute atomic E-state index is 0.167. The Kier molecular flexibility index (Phi) is 2.65. The lowest BCUT2D eigenvalue weighted by atomic mass is 10.2. The van der Waals surface area contributed by atoms with Gasteiger partial charge in [0.2, 0.25) is 5.95 Å². The predicted octanol–water partition coefficient (Wildman–Crippen LogP) is 1.86. The molecule has 0 aliphatic heterocycles. The van der Waals surface area contributed by atoms with Crippen LogP contribution in [0, 0.1) is 11.3 Å². The zero-order valence-corrected chi connectivity index (χ0v) is 8.29. The number of aromatic nitrogens is 2. The number of nitrogens with two attached hydrogens (primary N) is 1. The maximum absolute atomic E-state index is 8.48. The Bertz CT molecular complexity index is 552. The average Bonchev–Trinajstić information content (AvgIpc) is 2.80. The van der Waals surface area contributed by atoms with E-state index in [1.165, 1.54) is 6.08 Å². The minimum Gasteiger partial charge on any atom is -0.463 e. The molecule has 0 aromatic carbocycles. The Balaban J connectivity index is 2.54. The number of furan rings is 1. The highest BCUT2D eigenvalue weighted by Crippen LogP contribution is 2.22. The molecule has 0 fully saturated rings. The third-order valence-electron chi connectivity index (χ3n) is 1.93. The van der Waals surface area contributed by atoms with Crippen molar-refractivity contribution in [3.05, 3.63) is 36.2 Å². The normalized spacial score (nSPS) is 10.4. The minimum atomic E-state index is 0.167. The number of rotatable bonds is 2. The topological polar surface area (TPSA) is 88.7 Å². The molecule has 2 N–H and O–H groups in total. The second kappa shape index (κ2) is 4.28. The highest BCUT2D eigenvalue weighted by Gasteiger charge is 2.08. The molecule has 0 aliphatic rings. The predicted molar refractivity (Wildman–Crippen MR) is 58.8 cm³/mol. The van der Waals surface area contributed by atoms with E-state index < -0.39 is 0 Å². The Morgan fingerprint density at radius 3 is 3.06 bits per heavy atom. The van der Waals surface area contributed by atoms with Crippen molar-refractivity contribution in [3.63, 3.8) is 0 Å². The molecule has 2 aromatic rings. The summed E-state index contributed by atoms with van der Waals surface area (Å²) in [7, 11) is 0. The van der Waals surface area contributed by atoms with Gasteiger partial charge in [0.25, 0.3) is 0 Å².